The highest BCUT2D eigenvalue weighted by Gasteiger charge is 2.29. The van der Waals surface area contributed by atoms with Crippen molar-refractivity contribution in [1.82, 2.24) is 4.90 Å². The van der Waals surface area contributed by atoms with E-state index in [0.717, 1.165) is 6.54 Å². The van der Waals surface area contributed by atoms with E-state index in [2.05, 4.69) is 65.7 Å². The van der Waals surface area contributed by atoms with Gasteiger partial charge in [0.2, 0.25) is 0 Å². The monoisotopic (exact) mass is 275 g/mol. The summed E-state index contributed by atoms with van der Waals surface area (Å²) >= 11 is 1.94. The van der Waals surface area contributed by atoms with E-state index in [1.165, 1.54) is 31.3 Å². The van der Waals surface area contributed by atoms with Crippen molar-refractivity contribution in [2.45, 2.75) is 12.6 Å². The molecule has 5 rings (SSSR count). The van der Waals surface area contributed by atoms with E-state index in [9.17, 15) is 0 Å². The van der Waals surface area contributed by atoms with Crippen LogP contribution in [0.1, 0.15) is 17.2 Å². The smallest absolute Gasteiger partial charge is 0.0745 e. The number of thiophene rings is 1. The molecule has 0 fully saturated rings. The molecular formula is C18H13NS. The van der Waals surface area contributed by atoms with Gasteiger partial charge in [-0.25, -0.2) is 0 Å². The van der Waals surface area contributed by atoms with Crippen LogP contribution in [0.25, 0.3) is 20.2 Å². The Morgan fingerprint density at radius 2 is 1.95 bits per heavy atom. The molecular weight excluding hydrogens is 262 g/mol. The summed E-state index contributed by atoms with van der Waals surface area (Å²) in [6.45, 7) is 1.03. The summed E-state index contributed by atoms with van der Waals surface area (Å²) in [6.07, 6.45) is 8.83. The molecule has 2 aliphatic rings. The van der Waals surface area contributed by atoms with Crippen LogP contribution in [-0.2, 0) is 6.54 Å². The summed E-state index contributed by atoms with van der Waals surface area (Å²) in [7, 11) is 0. The molecule has 96 valence electrons. The van der Waals surface area contributed by atoms with E-state index >= 15 is 0 Å². The van der Waals surface area contributed by atoms with Crippen LogP contribution in [0.4, 0.5) is 0 Å². The van der Waals surface area contributed by atoms with Gasteiger partial charge in [0.15, 0.2) is 0 Å². The van der Waals surface area contributed by atoms with Crippen LogP contribution in [0, 0.1) is 0 Å². The number of allylic oxidation sites excluding steroid dienone is 2. The number of hydrogen-bond donors (Lipinski definition) is 0. The fraction of sp³-hybridized carbons (Fsp3) is 0.111. The molecule has 20 heavy (non-hydrogen) atoms. The van der Waals surface area contributed by atoms with Gasteiger partial charge in [0.25, 0.3) is 0 Å². The maximum atomic E-state index is 2.43. The second-order valence-electron chi connectivity index (χ2n) is 5.46. The van der Waals surface area contributed by atoms with E-state index < -0.39 is 0 Å². The molecule has 2 aromatic carbocycles. The molecule has 0 aliphatic carbocycles. The minimum atomic E-state index is 0.423. The lowest BCUT2D eigenvalue weighted by atomic mass is 10.0. The Bertz CT molecular complexity index is 900. The van der Waals surface area contributed by atoms with Crippen LogP contribution in [0.5, 0.6) is 0 Å². The molecule has 0 bridgehead atoms. The first-order valence-corrected chi connectivity index (χ1v) is 7.77. The minimum absolute atomic E-state index is 0.423. The Kier molecular flexibility index (Phi) is 2.00. The summed E-state index contributed by atoms with van der Waals surface area (Å²) in [5, 5.41) is 2.80. The van der Waals surface area contributed by atoms with Crippen LogP contribution in [0.2, 0.25) is 0 Å². The zero-order valence-electron chi connectivity index (χ0n) is 10.9. The van der Waals surface area contributed by atoms with E-state index in [4.69, 9.17) is 0 Å². The Balaban J connectivity index is 1.89. The number of nitrogens with zero attached hydrogens (tertiary/aromatic N) is 1. The van der Waals surface area contributed by atoms with Gasteiger partial charge >= 0.3 is 0 Å². The van der Waals surface area contributed by atoms with Gasteiger partial charge in [-0.15, -0.1) is 11.3 Å². The molecule has 3 heterocycles. The Labute approximate surface area is 121 Å². The summed E-state index contributed by atoms with van der Waals surface area (Å²) in [4.78, 5) is 2.43. The largest absolute Gasteiger partial charge is 0.363 e. The Morgan fingerprint density at radius 1 is 1.00 bits per heavy atom. The van der Waals surface area contributed by atoms with Crippen molar-refractivity contribution in [2.24, 2.45) is 0 Å². The van der Waals surface area contributed by atoms with E-state index in [1.54, 1.807) is 0 Å². The second-order valence-corrected chi connectivity index (χ2v) is 6.51. The average Bonchev–Trinajstić information content (AvgIpc) is 3.04. The molecule has 0 spiro atoms. The van der Waals surface area contributed by atoms with Crippen LogP contribution >= 0.6 is 11.3 Å². The normalized spacial score (nSPS) is 19.8. The maximum Gasteiger partial charge on any atom is 0.0745 e. The molecule has 1 aromatic heterocycles. The zero-order chi connectivity index (χ0) is 13.1. The lowest BCUT2D eigenvalue weighted by Crippen LogP contribution is -2.15. The highest BCUT2D eigenvalue weighted by Crippen LogP contribution is 2.45. The third-order valence-electron chi connectivity index (χ3n) is 4.36. The summed E-state index contributed by atoms with van der Waals surface area (Å²) in [5.74, 6) is 0. The van der Waals surface area contributed by atoms with Gasteiger partial charge in [0.1, 0.15) is 0 Å². The van der Waals surface area contributed by atoms with Crippen molar-refractivity contribution < 1.29 is 0 Å². The SMILES string of the molecule is C1=CC2c3c(ccc4c3sc3ccccc34)CN2C=C1. The molecule has 0 N–H and O–H groups in total. The summed E-state index contributed by atoms with van der Waals surface area (Å²) < 4.78 is 2.86. The van der Waals surface area contributed by atoms with E-state index in [0.29, 0.717) is 6.04 Å². The number of benzene rings is 2. The fourth-order valence-corrected chi connectivity index (χ4v) is 4.76. The van der Waals surface area contributed by atoms with E-state index in [1.807, 2.05) is 11.3 Å². The van der Waals surface area contributed by atoms with E-state index in [-0.39, 0.29) is 0 Å². The lowest BCUT2D eigenvalue weighted by Gasteiger charge is -2.22. The van der Waals surface area contributed by atoms with Crippen molar-refractivity contribution in [3.8, 4) is 0 Å². The first-order valence-electron chi connectivity index (χ1n) is 6.95. The molecule has 3 aromatic rings. The fourth-order valence-electron chi connectivity index (χ4n) is 3.46. The quantitative estimate of drug-likeness (QED) is 0.558. The van der Waals surface area contributed by atoms with Crippen LogP contribution in [-0.4, -0.2) is 4.90 Å². The molecule has 0 amide bonds. The highest BCUT2D eigenvalue weighted by molar-refractivity contribution is 7.26. The van der Waals surface area contributed by atoms with Gasteiger partial charge in [-0.1, -0.05) is 42.5 Å². The first kappa shape index (κ1) is 10.7. The maximum absolute atomic E-state index is 2.43. The van der Waals surface area contributed by atoms with Crippen LogP contribution < -0.4 is 0 Å². The molecule has 0 radical (unpaired) electrons. The van der Waals surface area contributed by atoms with Crippen molar-refractivity contribution in [3.63, 3.8) is 0 Å². The Hall–Kier alpha value is -2.06. The molecule has 1 nitrogen and oxygen atoms in total. The first-order chi connectivity index (χ1) is 9.92. The molecule has 1 unspecified atom stereocenters. The minimum Gasteiger partial charge on any atom is -0.363 e. The number of rotatable bonds is 0. The van der Waals surface area contributed by atoms with Crippen molar-refractivity contribution in [2.75, 3.05) is 0 Å². The second kappa shape index (κ2) is 3.74. The van der Waals surface area contributed by atoms with Gasteiger partial charge in [0.05, 0.1) is 6.04 Å². The van der Waals surface area contributed by atoms with Gasteiger partial charge < -0.3 is 4.90 Å². The van der Waals surface area contributed by atoms with Gasteiger partial charge in [-0.05, 0) is 17.7 Å². The summed E-state index contributed by atoms with van der Waals surface area (Å²) in [6, 6.07) is 13.8. The molecule has 2 aliphatic heterocycles. The van der Waals surface area contributed by atoms with Gasteiger partial charge in [0, 0.05) is 38.5 Å². The molecule has 0 saturated carbocycles. The molecule has 0 saturated heterocycles. The predicted molar refractivity (Wildman–Crippen MR) is 85.9 cm³/mol. The zero-order valence-corrected chi connectivity index (χ0v) is 11.7. The Morgan fingerprint density at radius 3 is 2.95 bits per heavy atom. The standard InChI is InChI=1S/C18H13NS/c1-2-7-16-13(5-1)14-9-8-12-11-19-10-4-3-6-15(19)17(12)18(14)20-16/h1-10,15H,11H2. The topological polar surface area (TPSA) is 3.24 Å². The van der Waals surface area contributed by atoms with Crippen LogP contribution in [0.3, 0.4) is 0 Å². The predicted octanol–water partition coefficient (Wildman–Crippen LogP) is 4.99. The highest BCUT2D eigenvalue weighted by atomic mass is 32.1. The van der Waals surface area contributed by atoms with Crippen molar-refractivity contribution >= 4 is 31.5 Å². The third-order valence-corrected chi connectivity index (χ3v) is 5.58. The lowest BCUT2D eigenvalue weighted by molar-refractivity contribution is 0.351. The summed E-state index contributed by atoms with van der Waals surface area (Å²) in [5.41, 5.74) is 2.99. The van der Waals surface area contributed by atoms with Crippen molar-refractivity contribution in [3.05, 3.63) is 72.0 Å². The average molecular weight is 275 g/mol. The number of hydrogen-bond acceptors (Lipinski definition) is 2. The van der Waals surface area contributed by atoms with Crippen LogP contribution in [0.15, 0.2) is 60.8 Å². The molecule has 2 heteroatoms. The third kappa shape index (κ3) is 1.27. The number of fused-ring (bicyclic) bond motifs is 7. The van der Waals surface area contributed by atoms with Crippen molar-refractivity contribution in [1.29, 1.82) is 0 Å². The van der Waals surface area contributed by atoms with Gasteiger partial charge in [-0.2, -0.15) is 0 Å². The van der Waals surface area contributed by atoms with Gasteiger partial charge in [-0.3, -0.25) is 0 Å². The molecule has 1 atom stereocenters.